The summed E-state index contributed by atoms with van der Waals surface area (Å²) in [5.41, 5.74) is 2.71. The van der Waals surface area contributed by atoms with E-state index in [-0.39, 0.29) is 0 Å². The molecule has 11 heavy (non-hydrogen) atoms. The Kier molecular flexibility index (Phi) is 1.38. The minimum atomic E-state index is 0.292. The van der Waals surface area contributed by atoms with Gasteiger partial charge >= 0.3 is 0 Å². The van der Waals surface area contributed by atoms with Gasteiger partial charge in [-0.3, -0.25) is 0 Å². The van der Waals surface area contributed by atoms with Crippen LogP contribution in [0, 0.1) is 5.92 Å². The van der Waals surface area contributed by atoms with Crippen LogP contribution in [0.2, 0.25) is 0 Å². The quantitative estimate of drug-likeness (QED) is 0.512. The van der Waals surface area contributed by atoms with E-state index in [9.17, 15) is 0 Å². The molecule has 2 atom stereocenters. The summed E-state index contributed by atoms with van der Waals surface area (Å²) in [7, 11) is 0. The molecule has 0 spiro atoms. The lowest BCUT2D eigenvalue weighted by atomic mass is 9.89. The first kappa shape index (κ1) is 6.71. The molecule has 1 heteroatoms. The summed E-state index contributed by atoms with van der Waals surface area (Å²) < 4.78 is 5.45. The first-order valence-corrected chi connectivity index (χ1v) is 3.97. The predicted molar refractivity (Wildman–Crippen MR) is 45.0 cm³/mol. The first-order valence-electron chi connectivity index (χ1n) is 3.97. The Morgan fingerprint density at radius 2 is 2.09 bits per heavy atom. The molecule has 1 heterocycles. The summed E-state index contributed by atoms with van der Waals surface area (Å²) in [6.45, 7) is 4.27. The van der Waals surface area contributed by atoms with Crippen LogP contribution in [-0.2, 0) is 4.74 Å². The SMILES string of the molecule is CC1=C(C)[C@@H]2OC=CC2C=C1. The zero-order valence-electron chi connectivity index (χ0n) is 6.87. The van der Waals surface area contributed by atoms with Gasteiger partial charge in [0.2, 0.25) is 0 Å². The van der Waals surface area contributed by atoms with Gasteiger partial charge in [0.1, 0.15) is 6.10 Å². The number of hydrogen-bond donors (Lipinski definition) is 0. The summed E-state index contributed by atoms with van der Waals surface area (Å²) in [4.78, 5) is 0. The Hall–Kier alpha value is -0.980. The van der Waals surface area contributed by atoms with E-state index in [4.69, 9.17) is 4.74 Å². The lowest BCUT2D eigenvalue weighted by Crippen LogP contribution is -2.19. The van der Waals surface area contributed by atoms with Crippen LogP contribution >= 0.6 is 0 Å². The second-order valence-electron chi connectivity index (χ2n) is 3.19. The number of fused-ring (bicyclic) bond motifs is 1. The zero-order valence-corrected chi connectivity index (χ0v) is 6.87. The summed E-state index contributed by atoms with van der Waals surface area (Å²) in [5.74, 6) is 0.485. The van der Waals surface area contributed by atoms with E-state index in [0.29, 0.717) is 12.0 Å². The minimum Gasteiger partial charge on any atom is -0.493 e. The van der Waals surface area contributed by atoms with Gasteiger partial charge in [-0.2, -0.15) is 0 Å². The molecule has 58 valence electrons. The molecule has 0 radical (unpaired) electrons. The molecule has 1 aliphatic heterocycles. The lowest BCUT2D eigenvalue weighted by molar-refractivity contribution is 0.180. The molecule has 0 bridgehead atoms. The van der Waals surface area contributed by atoms with Crippen LogP contribution in [0.1, 0.15) is 13.8 Å². The largest absolute Gasteiger partial charge is 0.493 e. The normalized spacial score (nSPS) is 34.0. The highest BCUT2D eigenvalue weighted by Crippen LogP contribution is 2.30. The molecule has 1 aliphatic carbocycles. The van der Waals surface area contributed by atoms with E-state index < -0.39 is 0 Å². The van der Waals surface area contributed by atoms with Crippen LogP contribution in [0.5, 0.6) is 0 Å². The van der Waals surface area contributed by atoms with E-state index in [1.807, 2.05) is 6.26 Å². The predicted octanol–water partition coefficient (Wildman–Crippen LogP) is 2.42. The summed E-state index contributed by atoms with van der Waals surface area (Å²) in [6.07, 6.45) is 8.59. The molecule has 2 aliphatic rings. The maximum absolute atomic E-state index is 5.45. The van der Waals surface area contributed by atoms with Gasteiger partial charge < -0.3 is 4.74 Å². The minimum absolute atomic E-state index is 0.292. The molecular formula is C10H12O. The Morgan fingerprint density at radius 3 is 2.91 bits per heavy atom. The third-order valence-corrected chi connectivity index (χ3v) is 2.49. The van der Waals surface area contributed by atoms with Crippen molar-refractivity contribution in [2.24, 2.45) is 5.92 Å². The van der Waals surface area contributed by atoms with E-state index in [2.05, 4.69) is 32.1 Å². The van der Waals surface area contributed by atoms with Crippen molar-refractivity contribution in [3.05, 3.63) is 35.6 Å². The van der Waals surface area contributed by atoms with E-state index in [1.54, 1.807) is 0 Å². The van der Waals surface area contributed by atoms with Crippen LogP contribution in [0.15, 0.2) is 35.6 Å². The molecule has 0 aromatic carbocycles. The Balaban J connectivity index is 2.34. The van der Waals surface area contributed by atoms with Crippen LogP contribution in [0.4, 0.5) is 0 Å². The Bertz CT molecular complexity index is 258. The zero-order chi connectivity index (χ0) is 7.84. The standard InChI is InChI=1S/C10H12O/c1-7-3-4-9-5-6-11-10(9)8(7)2/h3-6,9-10H,1-2H3/t9?,10-/m0/s1. The smallest absolute Gasteiger partial charge is 0.129 e. The summed E-state index contributed by atoms with van der Waals surface area (Å²) in [5, 5.41) is 0. The maximum atomic E-state index is 5.45. The van der Waals surface area contributed by atoms with Gasteiger partial charge in [-0.1, -0.05) is 12.2 Å². The van der Waals surface area contributed by atoms with Crippen molar-refractivity contribution in [2.75, 3.05) is 0 Å². The number of rotatable bonds is 0. The van der Waals surface area contributed by atoms with Gasteiger partial charge in [0.15, 0.2) is 0 Å². The molecule has 0 saturated heterocycles. The van der Waals surface area contributed by atoms with Crippen molar-refractivity contribution in [3.8, 4) is 0 Å². The van der Waals surface area contributed by atoms with E-state index in [1.165, 1.54) is 11.1 Å². The van der Waals surface area contributed by atoms with Gasteiger partial charge in [0, 0.05) is 5.92 Å². The summed E-state index contributed by atoms with van der Waals surface area (Å²) >= 11 is 0. The van der Waals surface area contributed by atoms with Crippen LogP contribution in [0.3, 0.4) is 0 Å². The fourth-order valence-electron chi connectivity index (χ4n) is 1.58. The van der Waals surface area contributed by atoms with Crippen LogP contribution < -0.4 is 0 Å². The molecule has 0 aromatic rings. The van der Waals surface area contributed by atoms with Crippen molar-refractivity contribution < 1.29 is 4.74 Å². The molecular weight excluding hydrogens is 136 g/mol. The molecule has 2 rings (SSSR count). The van der Waals surface area contributed by atoms with Gasteiger partial charge in [0.25, 0.3) is 0 Å². The fourth-order valence-corrected chi connectivity index (χ4v) is 1.58. The van der Waals surface area contributed by atoms with Gasteiger partial charge in [-0.15, -0.1) is 0 Å². The van der Waals surface area contributed by atoms with Gasteiger partial charge in [0.05, 0.1) is 6.26 Å². The topological polar surface area (TPSA) is 9.23 Å². The van der Waals surface area contributed by atoms with E-state index in [0.717, 1.165) is 0 Å². The summed E-state index contributed by atoms with van der Waals surface area (Å²) in [6, 6.07) is 0. The van der Waals surface area contributed by atoms with Crippen molar-refractivity contribution in [3.63, 3.8) is 0 Å². The number of ether oxygens (including phenoxy) is 1. The average Bonchev–Trinajstić information content (AvgIpc) is 2.45. The molecule has 1 unspecified atom stereocenters. The van der Waals surface area contributed by atoms with Crippen molar-refractivity contribution in [1.29, 1.82) is 0 Å². The third-order valence-electron chi connectivity index (χ3n) is 2.49. The number of allylic oxidation sites excluding steroid dienone is 2. The van der Waals surface area contributed by atoms with Crippen molar-refractivity contribution >= 4 is 0 Å². The van der Waals surface area contributed by atoms with Crippen LogP contribution in [0.25, 0.3) is 0 Å². The second-order valence-corrected chi connectivity index (χ2v) is 3.19. The molecule has 0 fully saturated rings. The van der Waals surface area contributed by atoms with Crippen LogP contribution in [-0.4, -0.2) is 6.10 Å². The van der Waals surface area contributed by atoms with E-state index >= 15 is 0 Å². The highest BCUT2D eigenvalue weighted by molar-refractivity contribution is 5.34. The second kappa shape index (κ2) is 2.26. The fraction of sp³-hybridized carbons (Fsp3) is 0.400. The average molecular weight is 148 g/mol. The monoisotopic (exact) mass is 148 g/mol. The Labute approximate surface area is 67.1 Å². The third kappa shape index (κ3) is 0.917. The number of hydrogen-bond acceptors (Lipinski definition) is 1. The highest BCUT2D eigenvalue weighted by atomic mass is 16.5. The molecule has 0 saturated carbocycles. The molecule has 0 aromatic heterocycles. The molecule has 1 nitrogen and oxygen atoms in total. The molecule has 0 amide bonds. The van der Waals surface area contributed by atoms with Crippen molar-refractivity contribution in [1.82, 2.24) is 0 Å². The first-order chi connectivity index (χ1) is 5.29. The van der Waals surface area contributed by atoms with Gasteiger partial charge in [-0.25, -0.2) is 0 Å². The lowest BCUT2D eigenvalue weighted by Gasteiger charge is -2.22. The Morgan fingerprint density at radius 1 is 1.27 bits per heavy atom. The molecule has 0 N–H and O–H groups in total. The maximum Gasteiger partial charge on any atom is 0.129 e. The highest BCUT2D eigenvalue weighted by Gasteiger charge is 2.26. The van der Waals surface area contributed by atoms with Crippen molar-refractivity contribution in [2.45, 2.75) is 20.0 Å². The van der Waals surface area contributed by atoms with Gasteiger partial charge in [-0.05, 0) is 31.1 Å².